The van der Waals surface area contributed by atoms with E-state index in [1.165, 1.54) is 12.1 Å². The molecule has 0 atom stereocenters. The van der Waals surface area contributed by atoms with Gasteiger partial charge in [-0.3, -0.25) is 4.57 Å². The maximum absolute atomic E-state index is 13.7. The minimum absolute atomic E-state index is 0.294. The lowest BCUT2D eigenvalue weighted by atomic mass is 10.2. The first-order chi connectivity index (χ1) is 9.47. The molecule has 0 aliphatic heterocycles. The van der Waals surface area contributed by atoms with Crippen molar-refractivity contribution in [3.8, 4) is 5.69 Å². The number of rotatable bonds is 1. The summed E-state index contributed by atoms with van der Waals surface area (Å²) >= 11 is 5.26. The molecular formula is C15H12F2N2S. The number of aromatic amines is 1. The smallest absolute Gasteiger partial charge is 0.182 e. The van der Waals surface area contributed by atoms with Gasteiger partial charge in [-0.1, -0.05) is 6.07 Å². The standard InChI is InChI=1S/C15H12F2N2S/c1-8-3-4-10(6-11(8)16)19-14-5-9(2)12(17)7-13(14)18-15(19)20/h3-7H,1-2H3,(H,18,20). The van der Waals surface area contributed by atoms with Crippen LogP contribution in [0.3, 0.4) is 0 Å². The van der Waals surface area contributed by atoms with Crippen molar-refractivity contribution in [3.63, 3.8) is 0 Å². The Morgan fingerprint density at radius 1 is 1.00 bits per heavy atom. The van der Waals surface area contributed by atoms with Gasteiger partial charge >= 0.3 is 0 Å². The summed E-state index contributed by atoms with van der Waals surface area (Å²) in [7, 11) is 0. The summed E-state index contributed by atoms with van der Waals surface area (Å²) in [5.41, 5.74) is 3.04. The van der Waals surface area contributed by atoms with E-state index in [9.17, 15) is 8.78 Å². The van der Waals surface area contributed by atoms with Gasteiger partial charge in [0.05, 0.1) is 16.7 Å². The molecule has 5 heteroatoms. The van der Waals surface area contributed by atoms with Crippen molar-refractivity contribution in [1.29, 1.82) is 0 Å². The zero-order valence-electron chi connectivity index (χ0n) is 11.0. The zero-order valence-corrected chi connectivity index (χ0v) is 11.8. The molecule has 0 saturated heterocycles. The number of nitrogens with zero attached hydrogens (tertiary/aromatic N) is 1. The number of aromatic nitrogens is 2. The summed E-state index contributed by atoms with van der Waals surface area (Å²) in [6, 6.07) is 8.02. The molecule has 3 rings (SSSR count). The first-order valence-electron chi connectivity index (χ1n) is 6.15. The van der Waals surface area contributed by atoms with E-state index in [4.69, 9.17) is 12.2 Å². The zero-order chi connectivity index (χ0) is 14.4. The van der Waals surface area contributed by atoms with E-state index in [1.54, 1.807) is 36.6 Å². The molecule has 20 heavy (non-hydrogen) atoms. The van der Waals surface area contributed by atoms with Gasteiger partial charge in [0, 0.05) is 0 Å². The Balaban J connectivity index is 2.35. The molecule has 2 nitrogen and oxygen atoms in total. The Kier molecular flexibility index (Phi) is 2.94. The third-order valence-corrected chi connectivity index (χ3v) is 3.66. The minimum atomic E-state index is -0.295. The van der Waals surface area contributed by atoms with Gasteiger partial charge in [-0.25, -0.2) is 8.78 Å². The van der Waals surface area contributed by atoms with Crippen LogP contribution in [-0.4, -0.2) is 9.55 Å². The first kappa shape index (κ1) is 13.0. The van der Waals surface area contributed by atoms with Crippen molar-refractivity contribution in [3.05, 3.63) is 57.9 Å². The van der Waals surface area contributed by atoms with Crippen LogP contribution in [-0.2, 0) is 0 Å². The molecule has 0 aliphatic carbocycles. The molecule has 0 saturated carbocycles. The van der Waals surface area contributed by atoms with Crippen LogP contribution in [0.15, 0.2) is 30.3 Å². The van der Waals surface area contributed by atoms with Gasteiger partial charge in [-0.15, -0.1) is 0 Å². The van der Waals surface area contributed by atoms with Crippen LogP contribution in [0.5, 0.6) is 0 Å². The molecule has 102 valence electrons. The Bertz CT molecular complexity index is 877. The topological polar surface area (TPSA) is 20.7 Å². The number of hydrogen-bond donors (Lipinski definition) is 1. The molecule has 1 N–H and O–H groups in total. The third-order valence-electron chi connectivity index (χ3n) is 3.38. The molecule has 1 heterocycles. The quantitative estimate of drug-likeness (QED) is 0.650. The van der Waals surface area contributed by atoms with Crippen LogP contribution < -0.4 is 0 Å². The molecule has 0 spiro atoms. The van der Waals surface area contributed by atoms with Gasteiger partial charge in [0.15, 0.2) is 4.77 Å². The second-order valence-corrected chi connectivity index (χ2v) is 5.20. The molecule has 0 unspecified atom stereocenters. The maximum atomic E-state index is 13.7. The highest BCUT2D eigenvalue weighted by molar-refractivity contribution is 7.71. The van der Waals surface area contributed by atoms with Gasteiger partial charge in [0.1, 0.15) is 11.6 Å². The van der Waals surface area contributed by atoms with E-state index in [2.05, 4.69) is 4.98 Å². The van der Waals surface area contributed by atoms with Crippen LogP contribution >= 0.6 is 12.2 Å². The van der Waals surface area contributed by atoms with Gasteiger partial charge in [-0.05, 0) is 61.5 Å². The highest BCUT2D eigenvalue weighted by Crippen LogP contribution is 2.23. The van der Waals surface area contributed by atoms with Crippen molar-refractivity contribution in [2.45, 2.75) is 13.8 Å². The molecule has 0 radical (unpaired) electrons. The van der Waals surface area contributed by atoms with Crippen LogP contribution in [0.2, 0.25) is 0 Å². The maximum Gasteiger partial charge on any atom is 0.182 e. The van der Waals surface area contributed by atoms with E-state index in [1.807, 2.05) is 0 Å². The summed E-state index contributed by atoms with van der Waals surface area (Å²) in [4.78, 5) is 2.94. The highest BCUT2D eigenvalue weighted by Gasteiger charge is 2.10. The lowest BCUT2D eigenvalue weighted by Gasteiger charge is -2.07. The number of imidazole rings is 1. The second kappa shape index (κ2) is 4.52. The fourth-order valence-electron chi connectivity index (χ4n) is 2.21. The van der Waals surface area contributed by atoms with E-state index in [-0.39, 0.29) is 11.6 Å². The predicted octanol–water partition coefficient (Wildman–Crippen LogP) is 4.58. The Morgan fingerprint density at radius 2 is 1.70 bits per heavy atom. The average molecular weight is 290 g/mol. The highest BCUT2D eigenvalue weighted by atomic mass is 32.1. The van der Waals surface area contributed by atoms with E-state index >= 15 is 0 Å². The fraction of sp³-hybridized carbons (Fsp3) is 0.133. The van der Waals surface area contributed by atoms with Gasteiger partial charge in [-0.2, -0.15) is 0 Å². The monoisotopic (exact) mass is 290 g/mol. The lowest BCUT2D eigenvalue weighted by molar-refractivity contribution is 0.617. The lowest BCUT2D eigenvalue weighted by Crippen LogP contribution is -1.96. The van der Waals surface area contributed by atoms with Crippen LogP contribution in [0.1, 0.15) is 11.1 Å². The molecule has 0 bridgehead atoms. The van der Waals surface area contributed by atoms with Crippen molar-refractivity contribution >= 4 is 23.3 Å². The SMILES string of the molecule is Cc1ccc(-n2c(=S)[nH]c3cc(F)c(C)cc32)cc1F. The van der Waals surface area contributed by atoms with Crippen molar-refractivity contribution < 1.29 is 8.78 Å². The van der Waals surface area contributed by atoms with Gasteiger partial charge in [0.2, 0.25) is 0 Å². The number of H-pyrrole nitrogens is 1. The van der Waals surface area contributed by atoms with Crippen LogP contribution in [0.25, 0.3) is 16.7 Å². The Morgan fingerprint density at radius 3 is 2.40 bits per heavy atom. The van der Waals surface area contributed by atoms with Gasteiger partial charge in [0.25, 0.3) is 0 Å². The molecule has 0 aliphatic rings. The van der Waals surface area contributed by atoms with Gasteiger partial charge < -0.3 is 4.98 Å². The number of benzene rings is 2. The molecular weight excluding hydrogens is 278 g/mol. The summed E-state index contributed by atoms with van der Waals surface area (Å²) in [6.45, 7) is 3.39. The van der Waals surface area contributed by atoms with Crippen molar-refractivity contribution in [2.24, 2.45) is 0 Å². The van der Waals surface area contributed by atoms with Crippen molar-refractivity contribution in [1.82, 2.24) is 9.55 Å². The number of halogens is 2. The fourth-order valence-corrected chi connectivity index (χ4v) is 2.52. The second-order valence-electron chi connectivity index (χ2n) is 4.82. The van der Waals surface area contributed by atoms with E-state index in [0.29, 0.717) is 27.1 Å². The molecule has 1 aromatic heterocycles. The third kappa shape index (κ3) is 1.94. The molecule has 0 amide bonds. The summed E-state index contributed by atoms with van der Waals surface area (Å²) in [5.74, 6) is -0.589. The van der Waals surface area contributed by atoms with E-state index < -0.39 is 0 Å². The predicted molar refractivity (Wildman–Crippen MR) is 77.8 cm³/mol. The summed E-state index contributed by atoms with van der Waals surface area (Å²) < 4.78 is 29.4. The summed E-state index contributed by atoms with van der Waals surface area (Å²) in [5, 5.41) is 0. The van der Waals surface area contributed by atoms with Crippen molar-refractivity contribution in [2.75, 3.05) is 0 Å². The van der Waals surface area contributed by atoms with Crippen LogP contribution in [0.4, 0.5) is 8.78 Å². The molecule has 0 fully saturated rings. The molecule has 2 aromatic carbocycles. The largest absolute Gasteiger partial charge is 0.330 e. The summed E-state index contributed by atoms with van der Waals surface area (Å²) in [6.07, 6.45) is 0. The Labute approximate surface area is 119 Å². The molecule has 3 aromatic rings. The van der Waals surface area contributed by atoms with E-state index in [0.717, 1.165) is 5.52 Å². The number of hydrogen-bond acceptors (Lipinski definition) is 1. The number of aryl methyl sites for hydroxylation is 2. The minimum Gasteiger partial charge on any atom is -0.330 e. The number of fused-ring (bicyclic) bond motifs is 1. The average Bonchev–Trinajstić information content (AvgIpc) is 2.69. The Hall–Kier alpha value is -2.01. The normalized spacial score (nSPS) is 11.2. The first-order valence-corrected chi connectivity index (χ1v) is 6.55. The number of nitrogens with one attached hydrogen (secondary N) is 1. The van der Waals surface area contributed by atoms with Crippen LogP contribution in [0, 0.1) is 30.3 Å².